The van der Waals surface area contributed by atoms with Gasteiger partial charge in [-0.05, 0) is 31.0 Å². The third kappa shape index (κ3) is 5.44. The van der Waals surface area contributed by atoms with Gasteiger partial charge in [-0.15, -0.1) is 0 Å². The maximum absolute atomic E-state index is 13.7. The second kappa shape index (κ2) is 11.8. The van der Waals surface area contributed by atoms with E-state index in [-0.39, 0.29) is 59.5 Å². The predicted octanol–water partition coefficient (Wildman–Crippen LogP) is 2.40. The molecule has 0 fully saturated rings. The van der Waals surface area contributed by atoms with Crippen LogP contribution >= 0.6 is 0 Å². The number of pyridine rings is 1. The number of rotatable bonds is 9. The summed E-state index contributed by atoms with van der Waals surface area (Å²) in [4.78, 5) is 40.4. The van der Waals surface area contributed by atoms with Crippen molar-refractivity contribution < 1.29 is 37.5 Å². The van der Waals surface area contributed by atoms with Crippen LogP contribution in [0.2, 0.25) is 0 Å². The Kier molecular flexibility index (Phi) is 7.98. The summed E-state index contributed by atoms with van der Waals surface area (Å²) in [5, 5.41) is 3.82. The van der Waals surface area contributed by atoms with E-state index in [0.29, 0.717) is 5.69 Å². The first-order chi connectivity index (χ1) is 20.2. The maximum Gasteiger partial charge on any atom is 0.303 e. The molecule has 12 nitrogen and oxygen atoms in total. The highest BCUT2D eigenvalue weighted by Gasteiger charge is 2.34. The van der Waals surface area contributed by atoms with E-state index < -0.39 is 23.3 Å². The fourth-order valence-corrected chi connectivity index (χ4v) is 4.78. The van der Waals surface area contributed by atoms with E-state index >= 15 is 0 Å². The minimum absolute atomic E-state index is 0.0459. The molecule has 1 aliphatic rings. The SMILES string of the molecule is COc1c2c(c(OC)c3c(=O)cc(CC(C(=O)Nc4cc(C)ccc4C)N(N)C(=O)C[n+]4ccccc4)oc13)OCO2. The molecular weight excluding hydrogens is 544 g/mol. The average molecular weight is 576 g/mol. The molecule has 0 saturated heterocycles. The van der Waals surface area contributed by atoms with E-state index in [2.05, 4.69) is 5.32 Å². The fraction of sp³-hybridized carbons (Fsp3) is 0.267. The average Bonchev–Trinajstić information content (AvgIpc) is 3.46. The summed E-state index contributed by atoms with van der Waals surface area (Å²) >= 11 is 0. The molecule has 2 amide bonds. The van der Waals surface area contributed by atoms with Crippen molar-refractivity contribution in [2.75, 3.05) is 26.3 Å². The normalized spacial score (nSPS) is 12.6. The number of carbonyl (C=O) groups is 2. The molecule has 4 aromatic rings. The first kappa shape index (κ1) is 28.4. The van der Waals surface area contributed by atoms with Crippen LogP contribution in [-0.4, -0.2) is 43.9 Å². The molecule has 2 aromatic carbocycles. The van der Waals surface area contributed by atoms with Crippen molar-refractivity contribution in [2.24, 2.45) is 5.84 Å². The van der Waals surface area contributed by atoms with E-state index in [9.17, 15) is 14.4 Å². The van der Waals surface area contributed by atoms with Gasteiger partial charge in [0.25, 0.3) is 0 Å². The third-order valence-corrected chi connectivity index (χ3v) is 6.93. The Labute approximate surface area is 241 Å². The molecule has 1 atom stereocenters. The molecule has 0 spiro atoms. The standard InChI is InChI=1S/C30H30N4O8/c1-17-8-9-18(2)20(12-17)32-30(37)21(34(31)23(36)15-33-10-6-5-7-11-33)13-19-14-22(35)24-25(38-3)28-29(41-16-40-28)27(39-4)26(24)42-19/h5-12,14,21H,13,15-16,31H2,1-4H3/p+1. The summed E-state index contributed by atoms with van der Waals surface area (Å²) in [5.74, 6) is 6.03. The monoisotopic (exact) mass is 575 g/mol. The number of nitrogens with two attached hydrogens (primary N) is 1. The van der Waals surface area contributed by atoms with Crippen molar-refractivity contribution in [1.29, 1.82) is 0 Å². The number of aromatic nitrogens is 1. The highest BCUT2D eigenvalue weighted by molar-refractivity contribution is 5.98. The van der Waals surface area contributed by atoms with Crippen molar-refractivity contribution in [1.82, 2.24) is 5.01 Å². The smallest absolute Gasteiger partial charge is 0.303 e. The number of hydrazine groups is 1. The van der Waals surface area contributed by atoms with Gasteiger partial charge in [-0.2, -0.15) is 4.57 Å². The number of ether oxygens (including phenoxy) is 4. The van der Waals surface area contributed by atoms with E-state index in [1.54, 1.807) is 29.1 Å². The number of aryl methyl sites for hydroxylation is 2. The number of nitrogens with one attached hydrogen (secondary N) is 1. The molecule has 12 heteroatoms. The molecule has 0 aliphatic carbocycles. The number of carbonyl (C=O) groups excluding carboxylic acids is 2. The van der Waals surface area contributed by atoms with Crippen LogP contribution in [0.3, 0.4) is 0 Å². The van der Waals surface area contributed by atoms with Gasteiger partial charge in [-0.3, -0.25) is 19.4 Å². The Balaban J connectivity index is 1.55. The summed E-state index contributed by atoms with van der Waals surface area (Å²) in [6.45, 7) is 3.55. The second-order valence-corrected chi connectivity index (χ2v) is 9.79. The molecule has 2 aromatic heterocycles. The minimum atomic E-state index is -1.25. The van der Waals surface area contributed by atoms with Gasteiger partial charge >= 0.3 is 5.91 Å². The van der Waals surface area contributed by atoms with Gasteiger partial charge in [0, 0.05) is 30.3 Å². The van der Waals surface area contributed by atoms with Crippen molar-refractivity contribution in [2.45, 2.75) is 32.9 Å². The van der Waals surface area contributed by atoms with Crippen LogP contribution in [0.15, 0.2) is 64.1 Å². The number of hydrogen-bond donors (Lipinski definition) is 2. The van der Waals surface area contributed by atoms with Gasteiger partial charge in [-0.25, -0.2) is 5.84 Å². The van der Waals surface area contributed by atoms with Crippen molar-refractivity contribution >= 4 is 28.5 Å². The molecule has 0 radical (unpaired) electrons. The van der Waals surface area contributed by atoms with Crippen LogP contribution in [0.5, 0.6) is 23.0 Å². The third-order valence-electron chi connectivity index (χ3n) is 6.93. The molecule has 1 aliphatic heterocycles. The van der Waals surface area contributed by atoms with Gasteiger partial charge in [0.05, 0.1) is 14.2 Å². The zero-order valence-electron chi connectivity index (χ0n) is 23.6. The minimum Gasteiger partial charge on any atom is -0.492 e. The van der Waals surface area contributed by atoms with E-state index in [1.165, 1.54) is 20.3 Å². The largest absolute Gasteiger partial charge is 0.492 e. The molecule has 218 valence electrons. The maximum atomic E-state index is 13.7. The van der Waals surface area contributed by atoms with Crippen LogP contribution in [0.4, 0.5) is 5.69 Å². The van der Waals surface area contributed by atoms with Crippen LogP contribution in [0, 0.1) is 13.8 Å². The lowest BCUT2D eigenvalue weighted by Crippen LogP contribution is -2.56. The topological polar surface area (TPSA) is 146 Å². The quantitative estimate of drug-likeness (QED) is 0.133. The van der Waals surface area contributed by atoms with E-state index in [0.717, 1.165) is 16.1 Å². The van der Waals surface area contributed by atoms with Gasteiger partial charge in [0.2, 0.25) is 36.5 Å². The Morgan fingerprint density at radius 2 is 1.74 bits per heavy atom. The van der Waals surface area contributed by atoms with Gasteiger partial charge in [0.1, 0.15) is 17.2 Å². The summed E-state index contributed by atoms with van der Waals surface area (Å²) < 4.78 is 29.8. The number of methoxy groups -OCH3 is 2. The van der Waals surface area contributed by atoms with Crippen LogP contribution in [-0.2, 0) is 22.6 Å². The zero-order chi connectivity index (χ0) is 30.0. The number of hydrogen-bond acceptors (Lipinski definition) is 9. The van der Waals surface area contributed by atoms with Gasteiger partial charge in [0.15, 0.2) is 29.2 Å². The molecule has 5 rings (SSSR count). The molecule has 3 heterocycles. The molecule has 0 saturated carbocycles. The lowest BCUT2D eigenvalue weighted by atomic mass is 10.1. The molecular formula is C30H31N4O8+. The number of fused-ring (bicyclic) bond motifs is 2. The zero-order valence-corrected chi connectivity index (χ0v) is 23.6. The molecule has 3 N–H and O–H groups in total. The van der Waals surface area contributed by atoms with Crippen LogP contribution in [0.25, 0.3) is 11.0 Å². The molecule has 42 heavy (non-hydrogen) atoms. The Hall–Kier alpha value is -5.10. The van der Waals surface area contributed by atoms with Crippen molar-refractivity contribution in [3.63, 3.8) is 0 Å². The lowest BCUT2D eigenvalue weighted by molar-refractivity contribution is -0.685. The molecule has 0 bridgehead atoms. The predicted molar refractivity (Wildman–Crippen MR) is 151 cm³/mol. The summed E-state index contributed by atoms with van der Waals surface area (Å²) in [6.07, 6.45) is 3.20. The highest BCUT2D eigenvalue weighted by atomic mass is 16.7. The van der Waals surface area contributed by atoms with Crippen LogP contribution in [0.1, 0.15) is 16.9 Å². The van der Waals surface area contributed by atoms with E-state index in [1.807, 2.05) is 38.1 Å². The Bertz CT molecular complexity index is 1720. The fourth-order valence-electron chi connectivity index (χ4n) is 4.78. The van der Waals surface area contributed by atoms with E-state index in [4.69, 9.17) is 29.2 Å². The Morgan fingerprint density at radius 3 is 2.43 bits per heavy atom. The summed E-state index contributed by atoms with van der Waals surface area (Å²) in [6, 6.07) is 11.0. The van der Waals surface area contributed by atoms with Crippen LogP contribution < -0.4 is 40.1 Å². The first-order valence-electron chi connectivity index (χ1n) is 13.1. The number of nitrogens with zero attached hydrogens (tertiary/aromatic N) is 2. The van der Waals surface area contributed by atoms with Gasteiger partial charge in [-0.1, -0.05) is 18.2 Å². The van der Waals surface area contributed by atoms with Gasteiger partial charge < -0.3 is 28.7 Å². The summed E-state index contributed by atoms with van der Waals surface area (Å²) in [7, 11) is 2.80. The number of amides is 2. The number of anilines is 1. The second-order valence-electron chi connectivity index (χ2n) is 9.79. The lowest BCUT2D eigenvalue weighted by Gasteiger charge is -2.26. The van der Waals surface area contributed by atoms with Crippen molar-refractivity contribution in [3.05, 3.63) is 82.0 Å². The number of benzene rings is 2. The van der Waals surface area contributed by atoms with Crippen molar-refractivity contribution in [3.8, 4) is 23.0 Å². The molecule has 1 unspecified atom stereocenters. The first-order valence-corrected chi connectivity index (χ1v) is 13.1. The Morgan fingerprint density at radius 1 is 1.05 bits per heavy atom. The summed E-state index contributed by atoms with van der Waals surface area (Å²) in [5.41, 5.74) is 1.91. The highest BCUT2D eigenvalue weighted by Crippen LogP contribution is 2.52.